The van der Waals surface area contributed by atoms with Crippen LogP contribution in [-0.2, 0) is 41.0 Å². The van der Waals surface area contributed by atoms with Gasteiger partial charge in [-0.2, -0.15) is 0 Å². The predicted molar refractivity (Wildman–Crippen MR) is 142 cm³/mol. The molecule has 2 atom stereocenters. The Bertz CT molecular complexity index is 914. The molecule has 0 aliphatic carbocycles. The molecule has 2 unspecified atom stereocenters. The maximum Gasteiger partial charge on any atom is 0.335 e. The second kappa shape index (κ2) is 17.1. The molecule has 1 saturated heterocycles. The molecule has 1 aromatic carbocycles. The molecular formula is C27H41NO8S. The number of benzene rings is 1. The summed E-state index contributed by atoms with van der Waals surface area (Å²) in [5, 5.41) is 0. The zero-order chi connectivity index (χ0) is 27.0. The molecule has 1 amide bonds. The third-order valence-electron chi connectivity index (χ3n) is 6.06. The molecule has 208 valence electrons. The highest BCUT2D eigenvalue weighted by Gasteiger charge is 2.19. The van der Waals surface area contributed by atoms with Crippen molar-refractivity contribution in [3.63, 3.8) is 0 Å². The maximum atomic E-state index is 13.0. The van der Waals surface area contributed by atoms with Gasteiger partial charge in [0.2, 0.25) is 5.91 Å². The van der Waals surface area contributed by atoms with Crippen molar-refractivity contribution >= 4 is 22.7 Å². The first-order valence-corrected chi connectivity index (χ1v) is 14.3. The number of hydrogen-bond acceptors (Lipinski definition) is 8. The van der Waals surface area contributed by atoms with E-state index in [0.29, 0.717) is 55.2 Å². The Balaban J connectivity index is 2.08. The Kier molecular flexibility index (Phi) is 14.3. The van der Waals surface area contributed by atoms with E-state index in [2.05, 4.69) is 0 Å². The fraction of sp³-hybridized carbons (Fsp3) is 0.630. The number of rotatable bonds is 16. The number of carbonyl (C=O) groups excluding carboxylic acids is 2. The van der Waals surface area contributed by atoms with Crippen LogP contribution in [-0.4, -0.2) is 79.9 Å². The topological polar surface area (TPSA) is 101 Å². The van der Waals surface area contributed by atoms with Crippen LogP contribution in [0.2, 0.25) is 0 Å². The van der Waals surface area contributed by atoms with Crippen molar-refractivity contribution < 1.29 is 37.5 Å². The molecule has 0 saturated carbocycles. The molecule has 1 fully saturated rings. The number of esters is 1. The maximum absolute atomic E-state index is 13.0. The van der Waals surface area contributed by atoms with Gasteiger partial charge in [0.15, 0.2) is 17.8 Å². The normalized spacial score (nSPS) is 16.6. The summed E-state index contributed by atoms with van der Waals surface area (Å²) in [4.78, 5) is 27.0. The number of carbonyl (C=O) groups is 2. The first-order chi connectivity index (χ1) is 17.9. The first-order valence-electron chi connectivity index (χ1n) is 12.8. The molecule has 0 bridgehead atoms. The summed E-state index contributed by atoms with van der Waals surface area (Å²) < 4.78 is 39.1. The van der Waals surface area contributed by atoms with Crippen LogP contribution >= 0.6 is 0 Å². The Morgan fingerprint density at radius 3 is 2.57 bits per heavy atom. The largest absolute Gasteiger partial charge is 0.493 e. The number of unbranched alkanes of at least 4 members (excludes halogenated alkanes) is 1. The minimum atomic E-state index is -1.27. The average molecular weight is 540 g/mol. The molecule has 1 aliphatic rings. The summed E-state index contributed by atoms with van der Waals surface area (Å²) in [6.07, 6.45) is 6.85. The molecule has 0 spiro atoms. The van der Waals surface area contributed by atoms with E-state index in [1.807, 2.05) is 18.2 Å². The SMILES string of the molecule is CCS(=O)CC(=O)N(/C=C(\CCCCOC1CCCCO1)C(=O)OC)CCc1ccc(OC)c(OC)c1. The van der Waals surface area contributed by atoms with E-state index < -0.39 is 16.8 Å². The van der Waals surface area contributed by atoms with Crippen molar-refractivity contribution in [2.45, 2.75) is 58.2 Å². The summed E-state index contributed by atoms with van der Waals surface area (Å²) in [6, 6.07) is 5.56. The van der Waals surface area contributed by atoms with E-state index in [1.165, 1.54) is 12.0 Å². The van der Waals surface area contributed by atoms with Crippen LogP contribution in [0.25, 0.3) is 0 Å². The van der Waals surface area contributed by atoms with Gasteiger partial charge in [0.05, 0.1) is 26.9 Å². The van der Waals surface area contributed by atoms with Gasteiger partial charge in [-0.3, -0.25) is 9.00 Å². The van der Waals surface area contributed by atoms with E-state index in [9.17, 15) is 13.8 Å². The molecule has 1 aromatic rings. The van der Waals surface area contributed by atoms with Crippen LogP contribution in [0.15, 0.2) is 30.0 Å². The number of hydrogen-bond donors (Lipinski definition) is 0. The zero-order valence-electron chi connectivity index (χ0n) is 22.5. The first kappa shape index (κ1) is 30.8. The van der Waals surface area contributed by atoms with Crippen LogP contribution in [0.5, 0.6) is 11.5 Å². The lowest BCUT2D eigenvalue weighted by atomic mass is 10.1. The van der Waals surface area contributed by atoms with Crippen LogP contribution in [0, 0.1) is 0 Å². The zero-order valence-corrected chi connectivity index (χ0v) is 23.3. The summed E-state index contributed by atoms with van der Waals surface area (Å²) in [6.45, 7) is 3.35. The molecule has 1 heterocycles. The highest BCUT2D eigenvalue weighted by Crippen LogP contribution is 2.28. The molecule has 1 aliphatic heterocycles. The van der Waals surface area contributed by atoms with E-state index in [1.54, 1.807) is 27.3 Å². The van der Waals surface area contributed by atoms with Gasteiger partial charge in [-0.25, -0.2) is 4.79 Å². The van der Waals surface area contributed by atoms with E-state index in [-0.39, 0.29) is 18.0 Å². The van der Waals surface area contributed by atoms with Gasteiger partial charge in [-0.15, -0.1) is 0 Å². The number of amides is 1. The lowest BCUT2D eigenvalue weighted by Gasteiger charge is -2.22. The molecule has 0 aromatic heterocycles. The van der Waals surface area contributed by atoms with Gasteiger partial charge < -0.3 is 28.6 Å². The van der Waals surface area contributed by atoms with Gasteiger partial charge in [0.25, 0.3) is 0 Å². The van der Waals surface area contributed by atoms with Gasteiger partial charge in [-0.05, 0) is 62.6 Å². The van der Waals surface area contributed by atoms with Crippen LogP contribution in [0.1, 0.15) is 51.0 Å². The Morgan fingerprint density at radius 2 is 1.92 bits per heavy atom. The summed E-state index contributed by atoms with van der Waals surface area (Å²) in [5.74, 6) is 0.689. The smallest absolute Gasteiger partial charge is 0.335 e. The highest BCUT2D eigenvalue weighted by atomic mass is 32.2. The van der Waals surface area contributed by atoms with E-state index in [4.69, 9.17) is 23.7 Å². The minimum Gasteiger partial charge on any atom is -0.493 e. The number of ether oxygens (including phenoxy) is 5. The predicted octanol–water partition coefficient (Wildman–Crippen LogP) is 3.61. The molecular weight excluding hydrogens is 498 g/mol. The Hall–Kier alpha value is -2.43. The summed E-state index contributed by atoms with van der Waals surface area (Å²) in [5.41, 5.74) is 1.32. The number of methoxy groups -OCH3 is 3. The third kappa shape index (κ3) is 10.8. The van der Waals surface area contributed by atoms with Crippen molar-refractivity contribution in [3.8, 4) is 11.5 Å². The lowest BCUT2D eigenvalue weighted by Crippen LogP contribution is -2.33. The molecule has 2 rings (SSSR count). The lowest BCUT2D eigenvalue weighted by molar-refractivity contribution is -0.162. The standard InChI is InChI=1S/C27H41NO8S/c1-5-37(31)20-25(29)28(15-14-21-12-13-23(32-2)24(18-21)33-3)19-22(27(30)34-4)10-6-8-16-35-26-11-7-9-17-36-26/h12-13,18-19,26H,5-11,14-17,20H2,1-4H3/b22-19+. The fourth-order valence-corrected chi connectivity index (χ4v) is 4.53. The van der Waals surface area contributed by atoms with E-state index >= 15 is 0 Å². The second-order valence-electron chi connectivity index (χ2n) is 8.67. The summed E-state index contributed by atoms with van der Waals surface area (Å²) in [7, 11) is 3.18. The third-order valence-corrected chi connectivity index (χ3v) is 7.27. The monoisotopic (exact) mass is 539 g/mol. The Labute approximate surface area is 222 Å². The number of nitrogens with zero attached hydrogens (tertiary/aromatic N) is 1. The molecule has 9 nitrogen and oxygen atoms in total. The van der Waals surface area contributed by atoms with Crippen LogP contribution in [0.4, 0.5) is 0 Å². The quantitative estimate of drug-likeness (QED) is 0.178. The average Bonchev–Trinajstić information content (AvgIpc) is 2.93. The minimum absolute atomic E-state index is 0.109. The van der Waals surface area contributed by atoms with Gasteiger partial charge in [0, 0.05) is 42.5 Å². The van der Waals surface area contributed by atoms with Crippen molar-refractivity contribution in [2.75, 3.05) is 52.6 Å². The Morgan fingerprint density at radius 1 is 1.14 bits per heavy atom. The van der Waals surface area contributed by atoms with Gasteiger partial charge in [0.1, 0.15) is 5.75 Å². The van der Waals surface area contributed by atoms with Gasteiger partial charge in [-0.1, -0.05) is 13.0 Å². The van der Waals surface area contributed by atoms with Crippen LogP contribution in [0.3, 0.4) is 0 Å². The van der Waals surface area contributed by atoms with Crippen molar-refractivity contribution in [2.24, 2.45) is 0 Å². The molecule has 0 radical (unpaired) electrons. The van der Waals surface area contributed by atoms with Crippen LogP contribution < -0.4 is 9.47 Å². The highest BCUT2D eigenvalue weighted by molar-refractivity contribution is 7.85. The molecule has 10 heteroatoms. The second-order valence-corrected chi connectivity index (χ2v) is 10.4. The molecule has 0 N–H and O–H groups in total. The van der Waals surface area contributed by atoms with Crippen molar-refractivity contribution in [1.82, 2.24) is 4.90 Å². The summed E-state index contributed by atoms with van der Waals surface area (Å²) >= 11 is 0. The van der Waals surface area contributed by atoms with E-state index in [0.717, 1.165) is 37.9 Å². The molecule has 37 heavy (non-hydrogen) atoms. The fourth-order valence-electron chi connectivity index (χ4n) is 3.88. The van der Waals surface area contributed by atoms with Gasteiger partial charge >= 0.3 is 5.97 Å². The van der Waals surface area contributed by atoms with Crippen molar-refractivity contribution in [3.05, 3.63) is 35.5 Å². The van der Waals surface area contributed by atoms with Crippen molar-refractivity contribution in [1.29, 1.82) is 0 Å².